The average molecular weight is 250 g/mol. The van der Waals surface area contributed by atoms with Gasteiger partial charge in [0, 0.05) is 25.2 Å². The number of nitrogens with zero attached hydrogens (tertiary/aromatic N) is 2. The fourth-order valence-electron chi connectivity index (χ4n) is 2.16. The van der Waals surface area contributed by atoms with Gasteiger partial charge in [0.15, 0.2) is 0 Å². The minimum absolute atomic E-state index is 0.0380. The molecule has 94 valence electrons. The van der Waals surface area contributed by atoms with E-state index in [1.807, 2.05) is 11.9 Å². The zero-order valence-corrected chi connectivity index (χ0v) is 10.6. The summed E-state index contributed by atoms with van der Waals surface area (Å²) < 4.78 is 24.4. The van der Waals surface area contributed by atoms with Gasteiger partial charge in [-0.05, 0) is 14.0 Å². The number of piperazine rings is 1. The van der Waals surface area contributed by atoms with E-state index in [2.05, 4.69) is 0 Å². The van der Waals surface area contributed by atoms with Crippen LogP contribution in [-0.4, -0.2) is 67.2 Å². The lowest BCUT2D eigenvalue weighted by Gasteiger charge is -2.43. The Morgan fingerprint density at radius 3 is 2.44 bits per heavy atom. The Morgan fingerprint density at radius 2 is 2.00 bits per heavy atom. The van der Waals surface area contributed by atoms with Crippen LogP contribution in [0.1, 0.15) is 13.3 Å². The molecule has 0 aromatic rings. The van der Waals surface area contributed by atoms with Crippen molar-refractivity contribution in [2.24, 2.45) is 0 Å². The molecule has 0 radical (unpaired) electrons. The van der Waals surface area contributed by atoms with E-state index >= 15 is 0 Å². The van der Waals surface area contributed by atoms with Gasteiger partial charge in [0.05, 0.1) is 12.7 Å². The van der Waals surface area contributed by atoms with Gasteiger partial charge >= 0.3 is 5.97 Å². The van der Waals surface area contributed by atoms with Gasteiger partial charge in [0.2, 0.25) is 10.0 Å². The Kier molecular flexibility index (Phi) is 3.92. The highest BCUT2D eigenvalue weighted by molar-refractivity contribution is 7.88. The van der Waals surface area contributed by atoms with E-state index in [1.165, 1.54) is 4.31 Å². The molecule has 1 heterocycles. The third kappa shape index (κ3) is 2.93. The van der Waals surface area contributed by atoms with Gasteiger partial charge < -0.3 is 5.11 Å². The van der Waals surface area contributed by atoms with Crippen molar-refractivity contribution in [3.05, 3.63) is 0 Å². The first-order valence-corrected chi connectivity index (χ1v) is 6.97. The molecular formula is C9H18N2O4S. The van der Waals surface area contributed by atoms with Gasteiger partial charge in [-0.2, -0.15) is 4.31 Å². The monoisotopic (exact) mass is 250 g/mol. The van der Waals surface area contributed by atoms with Gasteiger partial charge in [0.25, 0.3) is 0 Å². The Bertz CT molecular complexity index is 368. The molecule has 1 saturated heterocycles. The smallest absolute Gasteiger partial charge is 0.304 e. The van der Waals surface area contributed by atoms with Crippen LogP contribution in [0.3, 0.4) is 0 Å². The highest BCUT2D eigenvalue weighted by Gasteiger charge is 2.37. The molecule has 1 aliphatic rings. The van der Waals surface area contributed by atoms with Crippen LogP contribution in [-0.2, 0) is 14.8 Å². The Hall–Kier alpha value is -0.660. The van der Waals surface area contributed by atoms with Crippen LogP contribution < -0.4 is 0 Å². The van der Waals surface area contributed by atoms with E-state index in [0.717, 1.165) is 6.26 Å². The van der Waals surface area contributed by atoms with Gasteiger partial charge in [0.1, 0.15) is 0 Å². The predicted octanol–water partition coefficient (Wildman–Crippen LogP) is -0.575. The van der Waals surface area contributed by atoms with Gasteiger partial charge in [-0.1, -0.05) is 0 Å². The summed E-state index contributed by atoms with van der Waals surface area (Å²) in [5.41, 5.74) is 0. The molecule has 1 aliphatic heterocycles. The SMILES string of the molecule is C[C@@H]1[C@@H](CC(=O)O)N(C)CCN1S(C)(=O)=O. The molecule has 0 amide bonds. The minimum Gasteiger partial charge on any atom is -0.481 e. The Labute approximate surface area is 95.9 Å². The first-order chi connectivity index (χ1) is 7.23. The number of aliphatic carboxylic acids is 1. The number of hydrogen-bond acceptors (Lipinski definition) is 4. The van der Waals surface area contributed by atoms with Crippen molar-refractivity contribution in [3.8, 4) is 0 Å². The molecule has 0 aromatic heterocycles. The summed E-state index contributed by atoms with van der Waals surface area (Å²) in [6.07, 6.45) is 1.12. The van der Waals surface area contributed by atoms with Crippen molar-refractivity contribution in [1.29, 1.82) is 0 Å². The lowest BCUT2D eigenvalue weighted by molar-refractivity contribution is -0.139. The standard InChI is InChI=1S/C9H18N2O4S/c1-7-8(6-9(12)13)10(2)4-5-11(7)16(3,14)15/h7-8H,4-6H2,1-3H3,(H,12,13)/t7-,8-/m1/s1. The van der Waals surface area contributed by atoms with Crippen molar-refractivity contribution in [1.82, 2.24) is 9.21 Å². The largest absolute Gasteiger partial charge is 0.481 e. The molecule has 1 N–H and O–H groups in total. The van der Waals surface area contributed by atoms with Crippen LogP contribution in [0.5, 0.6) is 0 Å². The van der Waals surface area contributed by atoms with Crippen molar-refractivity contribution in [2.45, 2.75) is 25.4 Å². The van der Waals surface area contributed by atoms with Crippen molar-refractivity contribution in [3.63, 3.8) is 0 Å². The number of carboxylic acids is 1. The number of likely N-dealkylation sites (N-methyl/N-ethyl adjacent to an activating group) is 1. The number of hydrogen-bond donors (Lipinski definition) is 1. The van der Waals surface area contributed by atoms with Crippen LogP contribution >= 0.6 is 0 Å². The number of sulfonamides is 1. The average Bonchev–Trinajstić information content (AvgIpc) is 2.09. The second-order valence-electron chi connectivity index (χ2n) is 4.26. The van der Waals surface area contributed by atoms with Crippen molar-refractivity contribution < 1.29 is 18.3 Å². The molecule has 0 saturated carbocycles. The molecule has 16 heavy (non-hydrogen) atoms. The number of rotatable bonds is 3. The molecule has 2 atom stereocenters. The maximum absolute atomic E-state index is 11.5. The zero-order valence-electron chi connectivity index (χ0n) is 9.75. The highest BCUT2D eigenvalue weighted by atomic mass is 32.2. The maximum Gasteiger partial charge on any atom is 0.304 e. The molecule has 6 nitrogen and oxygen atoms in total. The first kappa shape index (κ1) is 13.4. The predicted molar refractivity (Wildman–Crippen MR) is 59.7 cm³/mol. The summed E-state index contributed by atoms with van der Waals surface area (Å²) in [4.78, 5) is 12.6. The summed E-state index contributed by atoms with van der Waals surface area (Å²) in [5.74, 6) is -0.904. The summed E-state index contributed by atoms with van der Waals surface area (Å²) >= 11 is 0. The third-order valence-electron chi connectivity index (χ3n) is 3.06. The van der Waals surface area contributed by atoms with Crippen LogP contribution in [0, 0.1) is 0 Å². The molecular weight excluding hydrogens is 232 g/mol. The molecule has 7 heteroatoms. The lowest BCUT2D eigenvalue weighted by Crippen LogP contribution is -2.58. The second-order valence-corrected chi connectivity index (χ2v) is 6.20. The lowest BCUT2D eigenvalue weighted by atomic mass is 10.0. The highest BCUT2D eigenvalue weighted by Crippen LogP contribution is 2.20. The van der Waals surface area contributed by atoms with Gasteiger partial charge in [-0.15, -0.1) is 0 Å². The van der Waals surface area contributed by atoms with E-state index < -0.39 is 16.0 Å². The molecule has 0 spiro atoms. The minimum atomic E-state index is -3.25. The normalized spacial score (nSPS) is 29.2. The second kappa shape index (κ2) is 4.68. The molecule has 0 aromatic carbocycles. The van der Waals surface area contributed by atoms with Crippen LogP contribution in [0.2, 0.25) is 0 Å². The van der Waals surface area contributed by atoms with Crippen molar-refractivity contribution >= 4 is 16.0 Å². The van der Waals surface area contributed by atoms with Crippen LogP contribution in [0.15, 0.2) is 0 Å². The van der Waals surface area contributed by atoms with E-state index in [-0.39, 0.29) is 18.5 Å². The molecule has 1 rings (SSSR count). The Morgan fingerprint density at radius 1 is 1.44 bits per heavy atom. The summed E-state index contributed by atoms with van der Waals surface area (Å²) in [6, 6.07) is -0.564. The number of carboxylic acid groups (broad SMARTS) is 1. The molecule has 0 bridgehead atoms. The summed E-state index contributed by atoms with van der Waals surface area (Å²) in [5, 5.41) is 8.80. The van der Waals surface area contributed by atoms with Crippen LogP contribution in [0.4, 0.5) is 0 Å². The Balaban J connectivity index is 2.87. The van der Waals surface area contributed by atoms with E-state index in [9.17, 15) is 13.2 Å². The van der Waals surface area contributed by atoms with E-state index in [4.69, 9.17) is 5.11 Å². The molecule has 1 fully saturated rings. The van der Waals surface area contributed by atoms with E-state index in [1.54, 1.807) is 6.92 Å². The van der Waals surface area contributed by atoms with E-state index in [0.29, 0.717) is 13.1 Å². The third-order valence-corrected chi connectivity index (χ3v) is 4.43. The fraction of sp³-hybridized carbons (Fsp3) is 0.889. The molecule has 0 unspecified atom stereocenters. The summed E-state index contributed by atoms with van der Waals surface area (Å²) in [7, 11) is -1.43. The van der Waals surface area contributed by atoms with Crippen LogP contribution in [0.25, 0.3) is 0 Å². The maximum atomic E-state index is 11.5. The zero-order chi connectivity index (χ0) is 12.5. The fourth-order valence-corrected chi connectivity index (χ4v) is 3.32. The van der Waals surface area contributed by atoms with Gasteiger partial charge in [-0.3, -0.25) is 9.69 Å². The van der Waals surface area contributed by atoms with Crippen molar-refractivity contribution in [2.75, 3.05) is 26.4 Å². The topological polar surface area (TPSA) is 77.9 Å². The quantitative estimate of drug-likeness (QED) is 0.725. The first-order valence-electron chi connectivity index (χ1n) is 5.12. The van der Waals surface area contributed by atoms with Gasteiger partial charge in [-0.25, -0.2) is 8.42 Å². The number of carbonyl (C=O) groups is 1. The molecule has 0 aliphatic carbocycles. The summed E-state index contributed by atoms with van der Waals surface area (Å²) in [6.45, 7) is 2.74.